The van der Waals surface area contributed by atoms with Gasteiger partial charge >= 0.3 is 11.9 Å². The van der Waals surface area contributed by atoms with E-state index in [0.29, 0.717) is 6.61 Å². The molecular formula is C17H22O4. The van der Waals surface area contributed by atoms with E-state index in [9.17, 15) is 9.59 Å². The van der Waals surface area contributed by atoms with Crippen molar-refractivity contribution in [1.82, 2.24) is 0 Å². The molecule has 0 aromatic heterocycles. The maximum Gasteiger partial charge on any atom is 0.330 e. The first-order chi connectivity index (χ1) is 10.0. The van der Waals surface area contributed by atoms with Gasteiger partial charge in [0.2, 0.25) is 0 Å². The van der Waals surface area contributed by atoms with Gasteiger partial charge in [-0.25, -0.2) is 9.59 Å². The third kappa shape index (κ3) is 15.3. The predicted molar refractivity (Wildman–Crippen MR) is 85.6 cm³/mol. The number of esters is 2. The van der Waals surface area contributed by atoms with Gasteiger partial charge in [0.25, 0.3) is 0 Å². The molecule has 0 aliphatic carbocycles. The number of ether oxygens (including phenoxy) is 2. The van der Waals surface area contributed by atoms with Crippen LogP contribution in [0.25, 0.3) is 6.08 Å². The second kappa shape index (κ2) is 15.4. The molecule has 4 heteroatoms. The van der Waals surface area contributed by atoms with Gasteiger partial charge in [-0.2, -0.15) is 0 Å². The van der Waals surface area contributed by atoms with Crippen LogP contribution in [0.15, 0.2) is 62.2 Å². The number of hydrogen-bond acceptors (Lipinski definition) is 4. The van der Waals surface area contributed by atoms with Crippen LogP contribution in [0.3, 0.4) is 0 Å². The first-order valence-corrected chi connectivity index (χ1v) is 6.22. The van der Waals surface area contributed by atoms with Crippen LogP contribution >= 0.6 is 0 Å². The third-order valence-electron chi connectivity index (χ3n) is 1.86. The van der Waals surface area contributed by atoms with Gasteiger partial charge in [-0.15, -0.1) is 0 Å². The van der Waals surface area contributed by atoms with Gasteiger partial charge in [-0.1, -0.05) is 56.1 Å². The highest BCUT2D eigenvalue weighted by molar-refractivity contribution is 5.81. The highest BCUT2D eigenvalue weighted by Gasteiger charge is 1.86. The molecule has 0 amide bonds. The Morgan fingerprint density at radius 1 is 1.05 bits per heavy atom. The molecule has 0 spiro atoms. The van der Waals surface area contributed by atoms with Crippen LogP contribution in [-0.4, -0.2) is 25.7 Å². The lowest BCUT2D eigenvalue weighted by molar-refractivity contribution is -0.137. The highest BCUT2D eigenvalue weighted by atomic mass is 16.5. The Morgan fingerprint density at radius 2 is 1.57 bits per heavy atom. The summed E-state index contributed by atoms with van der Waals surface area (Å²) in [5.41, 5.74) is 1.17. The molecule has 0 radical (unpaired) electrons. The minimum absolute atomic E-state index is 0.359. The molecule has 1 aromatic carbocycles. The summed E-state index contributed by atoms with van der Waals surface area (Å²) < 4.78 is 8.58. The van der Waals surface area contributed by atoms with E-state index in [1.165, 1.54) is 12.7 Å². The number of hydrogen-bond donors (Lipinski definition) is 0. The van der Waals surface area contributed by atoms with Crippen LogP contribution in [-0.2, 0) is 19.1 Å². The number of rotatable bonds is 4. The van der Waals surface area contributed by atoms with E-state index in [1.807, 2.05) is 36.4 Å². The van der Waals surface area contributed by atoms with Crippen LogP contribution in [0.4, 0.5) is 0 Å². The van der Waals surface area contributed by atoms with E-state index in [2.05, 4.69) is 29.2 Å². The normalized spacial score (nSPS) is 7.71. The van der Waals surface area contributed by atoms with Gasteiger partial charge in [0.05, 0.1) is 13.7 Å². The Bertz CT molecular complexity index is 435. The van der Waals surface area contributed by atoms with Crippen LogP contribution in [0, 0.1) is 0 Å². The van der Waals surface area contributed by atoms with Crippen LogP contribution in [0.1, 0.15) is 12.5 Å². The third-order valence-corrected chi connectivity index (χ3v) is 1.86. The Balaban J connectivity index is 0. The van der Waals surface area contributed by atoms with Crippen LogP contribution < -0.4 is 0 Å². The summed E-state index contributed by atoms with van der Waals surface area (Å²) in [4.78, 5) is 19.9. The molecule has 4 nitrogen and oxygen atoms in total. The van der Waals surface area contributed by atoms with Crippen molar-refractivity contribution in [2.75, 3.05) is 13.7 Å². The fraction of sp³-hybridized carbons (Fsp3) is 0.176. The summed E-state index contributed by atoms with van der Waals surface area (Å²) in [6.07, 6.45) is 4.09. The summed E-state index contributed by atoms with van der Waals surface area (Å²) >= 11 is 0. The van der Waals surface area contributed by atoms with Crippen molar-refractivity contribution in [3.8, 4) is 0 Å². The molecule has 0 N–H and O–H groups in total. The van der Waals surface area contributed by atoms with Crippen molar-refractivity contribution in [2.24, 2.45) is 0 Å². The number of benzene rings is 1. The number of carbonyl (C=O) groups excluding carboxylic acids is 2. The smallest absolute Gasteiger partial charge is 0.330 e. The molecule has 0 atom stereocenters. The average Bonchev–Trinajstić information content (AvgIpc) is 2.56. The van der Waals surface area contributed by atoms with Crippen molar-refractivity contribution in [1.29, 1.82) is 0 Å². The topological polar surface area (TPSA) is 52.6 Å². The molecule has 0 aliphatic heterocycles. The molecule has 0 unspecified atom stereocenters. The number of carbonyl (C=O) groups is 2. The minimum atomic E-state index is -0.394. The van der Waals surface area contributed by atoms with Crippen molar-refractivity contribution in [3.63, 3.8) is 0 Å². The first-order valence-electron chi connectivity index (χ1n) is 6.22. The minimum Gasteiger partial charge on any atom is -0.466 e. The zero-order chi connectivity index (χ0) is 16.5. The molecule has 1 rings (SSSR count). The molecule has 114 valence electrons. The zero-order valence-corrected chi connectivity index (χ0v) is 12.6. The molecule has 0 fully saturated rings. The van der Waals surface area contributed by atoms with Gasteiger partial charge in [0.15, 0.2) is 0 Å². The monoisotopic (exact) mass is 290 g/mol. The Labute approximate surface area is 126 Å². The van der Waals surface area contributed by atoms with Crippen LogP contribution in [0.2, 0.25) is 0 Å². The Kier molecular flexibility index (Phi) is 15.2. The summed E-state index contributed by atoms with van der Waals surface area (Å²) in [6, 6.07) is 10.0. The maximum atomic E-state index is 10.1. The van der Waals surface area contributed by atoms with Crippen molar-refractivity contribution >= 4 is 18.0 Å². The lowest BCUT2D eigenvalue weighted by Crippen LogP contribution is -1.97. The molecule has 21 heavy (non-hydrogen) atoms. The van der Waals surface area contributed by atoms with E-state index in [-0.39, 0.29) is 5.97 Å². The number of methoxy groups -OCH3 is 1. The van der Waals surface area contributed by atoms with Gasteiger partial charge < -0.3 is 9.47 Å². The van der Waals surface area contributed by atoms with E-state index in [0.717, 1.165) is 12.2 Å². The molecule has 0 heterocycles. The van der Waals surface area contributed by atoms with E-state index in [1.54, 1.807) is 6.92 Å². The van der Waals surface area contributed by atoms with Crippen molar-refractivity contribution in [2.45, 2.75) is 6.92 Å². The van der Waals surface area contributed by atoms with Gasteiger partial charge in [-0.05, 0) is 12.5 Å². The largest absolute Gasteiger partial charge is 0.466 e. The van der Waals surface area contributed by atoms with Gasteiger partial charge in [0.1, 0.15) is 0 Å². The molecule has 0 saturated heterocycles. The highest BCUT2D eigenvalue weighted by Crippen LogP contribution is 1.97. The molecule has 0 aliphatic rings. The lowest BCUT2D eigenvalue weighted by Gasteiger charge is -1.90. The average molecular weight is 290 g/mol. The summed E-state index contributed by atoms with van der Waals surface area (Å²) in [5, 5.41) is 0. The van der Waals surface area contributed by atoms with Crippen molar-refractivity contribution in [3.05, 3.63) is 67.8 Å². The quantitative estimate of drug-likeness (QED) is 0.630. The molecule has 0 bridgehead atoms. The maximum absolute atomic E-state index is 10.1. The standard InChI is InChI=1S/C8H8.C5H8O2.C4H6O2/c1-2-8-6-4-3-5-7-8;1-3-5(6)7-4-2;1-3-4(5)6-2/h2-7H,1H2;3H,1,4H2,2H3;3H,1H2,2H3. The first kappa shape index (κ1) is 20.7. The van der Waals surface area contributed by atoms with Gasteiger partial charge in [0, 0.05) is 12.2 Å². The molecular weight excluding hydrogens is 268 g/mol. The summed E-state index contributed by atoms with van der Waals surface area (Å²) in [6.45, 7) is 12.2. The van der Waals surface area contributed by atoms with Crippen LogP contribution in [0.5, 0.6) is 0 Å². The second-order valence-corrected chi connectivity index (χ2v) is 3.30. The Morgan fingerprint density at radius 3 is 1.76 bits per heavy atom. The fourth-order valence-electron chi connectivity index (χ4n) is 0.874. The van der Waals surface area contributed by atoms with E-state index >= 15 is 0 Å². The SMILES string of the molecule is C=CC(=O)OC.C=CC(=O)OCC.C=Cc1ccccc1. The predicted octanol–water partition coefficient (Wildman–Crippen LogP) is 3.41. The lowest BCUT2D eigenvalue weighted by atomic mass is 10.2. The Hall–Kier alpha value is -2.62. The van der Waals surface area contributed by atoms with E-state index in [4.69, 9.17) is 0 Å². The fourth-order valence-corrected chi connectivity index (χ4v) is 0.874. The molecule has 1 aromatic rings. The second-order valence-electron chi connectivity index (χ2n) is 3.30. The van der Waals surface area contributed by atoms with E-state index < -0.39 is 5.97 Å². The summed E-state index contributed by atoms with van der Waals surface area (Å²) in [7, 11) is 1.31. The molecule has 0 saturated carbocycles. The van der Waals surface area contributed by atoms with Crippen molar-refractivity contribution < 1.29 is 19.1 Å². The van der Waals surface area contributed by atoms with Gasteiger partial charge in [-0.3, -0.25) is 0 Å². The zero-order valence-electron chi connectivity index (χ0n) is 12.6. The summed E-state index contributed by atoms with van der Waals surface area (Å²) in [5.74, 6) is -0.752.